The van der Waals surface area contributed by atoms with Gasteiger partial charge < -0.3 is 10.1 Å². The fourth-order valence-corrected chi connectivity index (χ4v) is 2.54. The summed E-state index contributed by atoms with van der Waals surface area (Å²) in [4.78, 5) is 34.9. The maximum Gasteiger partial charge on any atom is 0.338 e. The number of carbonyl (C=O) groups excluding carboxylic acids is 2. The first-order chi connectivity index (χ1) is 11.9. The molecule has 0 bridgehead atoms. The summed E-state index contributed by atoms with van der Waals surface area (Å²) in [7, 11) is 0. The lowest BCUT2D eigenvalue weighted by atomic mass is 10.2. The molecular weight excluding hydrogens is 368 g/mol. The molecule has 0 aliphatic carbocycles. The molecule has 25 heavy (non-hydrogen) atoms. The van der Waals surface area contributed by atoms with Crippen molar-refractivity contribution in [1.82, 2.24) is 0 Å². The summed E-state index contributed by atoms with van der Waals surface area (Å²) >= 11 is 7.21. The first-order valence-electron chi connectivity index (χ1n) is 6.95. The first-order valence-corrected chi connectivity index (χ1v) is 8.56. The standard InChI is InChI=1S/C16H13ClN2O5S/c1-25-12-4-2-3-11(8-12)18-15(20)9-24-16(21)10-5-6-13(17)14(7-10)19(22)23/h2-8H,9H2,1H3,(H,18,20). The van der Waals surface area contributed by atoms with Crippen LogP contribution < -0.4 is 5.32 Å². The zero-order valence-corrected chi connectivity index (χ0v) is 14.6. The highest BCUT2D eigenvalue weighted by Crippen LogP contribution is 2.25. The highest BCUT2D eigenvalue weighted by Gasteiger charge is 2.18. The Morgan fingerprint density at radius 3 is 2.72 bits per heavy atom. The van der Waals surface area contributed by atoms with Crippen LogP contribution >= 0.6 is 23.4 Å². The van der Waals surface area contributed by atoms with Gasteiger partial charge in [-0.3, -0.25) is 14.9 Å². The number of carbonyl (C=O) groups is 2. The van der Waals surface area contributed by atoms with E-state index in [0.717, 1.165) is 11.0 Å². The van der Waals surface area contributed by atoms with Gasteiger partial charge in [-0.25, -0.2) is 4.79 Å². The molecule has 0 unspecified atom stereocenters. The average Bonchev–Trinajstić information content (AvgIpc) is 2.60. The summed E-state index contributed by atoms with van der Waals surface area (Å²) in [5, 5.41) is 13.3. The zero-order chi connectivity index (χ0) is 18.4. The number of nitro benzene ring substituents is 1. The Balaban J connectivity index is 1.96. The topological polar surface area (TPSA) is 98.5 Å². The van der Waals surface area contributed by atoms with Crippen molar-refractivity contribution in [2.75, 3.05) is 18.2 Å². The molecule has 0 heterocycles. The molecule has 130 valence electrons. The van der Waals surface area contributed by atoms with Gasteiger partial charge in [0.25, 0.3) is 11.6 Å². The molecule has 0 fully saturated rings. The zero-order valence-electron chi connectivity index (χ0n) is 13.0. The number of benzene rings is 2. The van der Waals surface area contributed by atoms with Crippen LogP contribution in [0.5, 0.6) is 0 Å². The Morgan fingerprint density at radius 1 is 1.28 bits per heavy atom. The minimum Gasteiger partial charge on any atom is -0.452 e. The van der Waals surface area contributed by atoms with Crippen molar-refractivity contribution in [1.29, 1.82) is 0 Å². The first kappa shape index (κ1) is 18.8. The second kappa shape index (κ2) is 8.50. The molecule has 0 saturated carbocycles. The molecule has 1 N–H and O–H groups in total. The normalized spacial score (nSPS) is 10.2. The number of halogens is 1. The van der Waals surface area contributed by atoms with Gasteiger partial charge in [0.1, 0.15) is 5.02 Å². The largest absolute Gasteiger partial charge is 0.452 e. The van der Waals surface area contributed by atoms with E-state index in [2.05, 4.69) is 5.32 Å². The molecule has 0 saturated heterocycles. The number of nitrogens with zero attached hydrogens (tertiary/aromatic N) is 1. The summed E-state index contributed by atoms with van der Waals surface area (Å²) < 4.78 is 4.87. The molecule has 0 radical (unpaired) electrons. The Morgan fingerprint density at radius 2 is 2.04 bits per heavy atom. The van der Waals surface area contributed by atoms with Crippen molar-refractivity contribution in [3.8, 4) is 0 Å². The van der Waals surface area contributed by atoms with Gasteiger partial charge in [0, 0.05) is 16.6 Å². The van der Waals surface area contributed by atoms with Crippen LogP contribution in [0.15, 0.2) is 47.4 Å². The molecule has 0 atom stereocenters. The monoisotopic (exact) mass is 380 g/mol. The third-order valence-corrected chi connectivity index (χ3v) is 4.11. The van der Waals surface area contributed by atoms with Crippen molar-refractivity contribution < 1.29 is 19.2 Å². The summed E-state index contributed by atoms with van der Waals surface area (Å²) in [6.45, 7) is -0.515. The van der Waals surface area contributed by atoms with Gasteiger partial charge in [0.15, 0.2) is 6.61 Å². The van der Waals surface area contributed by atoms with Gasteiger partial charge >= 0.3 is 5.97 Å². The van der Waals surface area contributed by atoms with E-state index in [1.807, 2.05) is 12.3 Å². The molecule has 1 amide bonds. The van der Waals surface area contributed by atoms with E-state index in [4.69, 9.17) is 16.3 Å². The Bertz CT molecular complexity index is 828. The number of nitrogens with one attached hydrogen (secondary N) is 1. The van der Waals surface area contributed by atoms with Gasteiger partial charge in [-0.15, -0.1) is 11.8 Å². The van der Waals surface area contributed by atoms with E-state index < -0.39 is 29.1 Å². The van der Waals surface area contributed by atoms with Crippen molar-refractivity contribution in [3.05, 3.63) is 63.2 Å². The molecule has 0 aromatic heterocycles. The fourth-order valence-electron chi connectivity index (χ4n) is 1.89. The maximum absolute atomic E-state index is 11.9. The predicted octanol–water partition coefficient (Wildman–Crippen LogP) is 3.77. The second-order valence-electron chi connectivity index (χ2n) is 4.78. The number of nitro groups is 1. The van der Waals surface area contributed by atoms with E-state index in [0.29, 0.717) is 5.69 Å². The van der Waals surface area contributed by atoms with Crippen LogP contribution in [-0.4, -0.2) is 29.7 Å². The summed E-state index contributed by atoms with van der Waals surface area (Å²) in [5.41, 5.74) is 0.109. The van der Waals surface area contributed by atoms with Crippen LogP contribution in [0.25, 0.3) is 0 Å². The number of anilines is 1. The third kappa shape index (κ3) is 5.20. The SMILES string of the molecule is CSc1cccc(NC(=O)COC(=O)c2ccc(Cl)c([N+](=O)[O-])c2)c1. The number of amides is 1. The van der Waals surface area contributed by atoms with Crippen LogP contribution in [0.4, 0.5) is 11.4 Å². The van der Waals surface area contributed by atoms with Gasteiger partial charge in [0.05, 0.1) is 10.5 Å². The third-order valence-electron chi connectivity index (χ3n) is 3.07. The van der Waals surface area contributed by atoms with Crippen LogP contribution in [0, 0.1) is 10.1 Å². The highest BCUT2D eigenvalue weighted by molar-refractivity contribution is 7.98. The summed E-state index contributed by atoms with van der Waals surface area (Å²) in [6, 6.07) is 10.7. The quantitative estimate of drug-likeness (QED) is 0.354. The summed E-state index contributed by atoms with van der Waals surface area (Å²) in [6.07, 6.45) is 1.91. The Labute approximate surface area is 152 Å². The lowest BCUT2D eigenvalue weighted by Crippen LogP contribution is -2.21. The Kier molecular flexibility index (Phi) is 6.37. The van der Waals surface area contributed by atoms with E-state index in [-0.39, 0.29) is 10.6 Å². The number of hydrogen-bond acceptors (Lipinski definition) is 6. The second-order valence-corrected chi connectivity index (χ2v) is 6.07. The molecule has 2 rings (SSSR count). The smallest absolute Gasteiger partial charge is 0.338 e. The highest BCUT2D eigenvalue weighted by atomic mass is 35.5. The molecule has 0 spiro atoms. The predicted molar refractivity (Wildman–Crippen MR) is 95.2 cm³/mol. The molecule has 7 nitrogen and oxygen atoms in total. The molecule has 0 aliphatic rings. The molecule has 2 aromatic rings. The minimum absolute atomic E-state index is 0.0618. The van der Waals surface area contributed by atoms with Crippen molar-refractivity contribution in [3.63, 3.8) is 0 Å². The van der Waals surface area contributed by atoms with Crippen molar-refractivity contribution in [2.45, 2.75) is 4.90 Å². The van der Waals surface area contributed by atoms with E-state index >= 15 is 0 Å². The molecular formula is C16H13ClN2O5S. The van der Waals surface area contributed by atoms with Crippen molar-refractivity contribution >= 4 is 46.6 Å². The van der Waals surface area contributed by atoms with E-state index in [1.54, 1.807) is 18.2 Å². The van der Waals surface area contributed by atoms with Gasteiger partial charge in [-0.05, 0) is 36.6 Å². The molecule has 2 aromatic carbocycles. The number of rotatable bonds is 6. The average molecular weight is 381 g/mol. The fraction of sp³-hybridized carbons (Fsp3) is 0.125. The van der Waals surface area contributed by atoms with Gasteiger partial charge in [0.2, 0.25) is 0 Å². The maximum atomic E-state index is 11.9. The number of hydrogen-bond donors (Lipinski definition) is 1. The Hall–Kier alpha value is -2.58. The molecule has 9 heteroatoms. The van der Waals surface area contributed by atoms with Gasteiger partial charge in [-0.1, -0.05) is 17.7 Å². The minimum atomic E-state index is -0.854. The number of ether oxygens (including phenoxy) is 1. The van der Waals surface area contributed by atoms with E-state index in [1.165, 1.54) is 23.9 Å². The van der Waals surface area contributed by atoms with Crippen LogP contribution in [0.1, 0.15) is 10.4 Å². The van der Waals surface area contributed by atoms with Crippen LogP contribution in [-0.2, 0) is 9.53 Å². The van der Waals surface area contributed by atoms with E-state index in [9.17, 15) is 19.7 Å². The number of thioether (sulfide) groups is 1. The number of esters is 1. The van der Waals surface area contributed by atoms with Crippen molar-refractivity contribution in [2.24, 2.45) is 0 Å². The van der Waals surface area contributed by atoms with Crippen LogP contribution in [0.2, 0.25) is 5.02 Å². The van der Waals surface area contributed by atoms with Gasteiger partial charge in [-0.2, -0.15) is 0 Å². The summed E-state index contributed by atoms with van der Waals surface area (Å²) in [5.74, 6) is -1.37. The lowest BCUT2D eigenvalue weighted by molar-refractivity contribution is -0.384. The molecule has 0 aliphatic heterocycles. The lowest BCUT2D eigenvalue weighted by Gasteiger charge is -2.08. The van der Waals surface area contributed by atoms with Crippen LogP contribution in [0.3, 0.4) is 0 Å².